The van der Waals surface area contributed by atoms with Gasteiger partial charge in [-0.3, -0.25) is 9.59 Å². The minimum Gasteiger partial charge on any atom is -0.493 e. The quantitative estimate of drug-likeness (QED) is 0.815. The Labute approximate surface area is 142 Å². The van der Waals surface area contributed by atoms with Gasteiger partial charge in [-0.2, -0.15) is 0 Å². The molecule has 1 atom stereocenters. The highest BCUT2D eigenvalue weighted by atomic mass is 16.5. The van der Waals surface area contributed by atoms with E-state index in [0.29, 0.717) is 31.9 Å². The van der Waals surface area contributed by atoms with Crippen molar-refractivity contribution in [3.63, 3.8) is 0 Å². The zero-order valence-corrected chi connectivity index (χ0v) is 14.3. The van der Waals surface area contributed by atoms with Gasteiger partial charge in [0.2, 0.25) is 5.91 Å². The molecule has 1 heterocycles. The summed E-state index contributed by atoms with van der Waals surface area (Å²) in [5, 5.41) is 10.2. The van der Waals surface area contributed by atoms with Crippen molar-refractivity contribution in [2.45, 2.75) is 38.7 Å². The molecule has 1 aromatic rings. The summed E-state index contributed by atoms with van der Waals surface area (Å²) in [6, 6.07) is 7.41. The van der Waals surface area contributed by atoms with E-state index in [1.165, 1.54) is 4.90 Å². The van der Waals surface area contributed by atoms with Gasteiger partial charge < -0.3 is 20.5 Å². The number of nitrogens with zero attached hydrogens (tertiary/aromatic N) is 1. The van der Waals surface area contributed by atoms with Gasteiger partial charge in [0.25, 0.3) is 5.91 Å². The molecule has 1 saturated heterocycles. The zero-order valence-electron chi connectivity index (χ0n) is 14.3. The molecule has 3 N–H and O–H groups in total. The summed E-state index contributed by atoms with van der Waals surface area (Å²) in [4.78, 5) is 25.3. The fraction of sp³-hybridized carbons (Fsp3) is 0.556. The Bertz CT molecular complexity index is 585. The Balaban J connectivity index is 1.93. The third-order valence-electron chi connectivity index (χ3n) is 4.14. The number of piperidine rings is 1. The number of primary amides is 1. The fourth-order valence-corrected chi connectivity index (χ4v) is 2.70. The molecule has 132 valence electrons. The molecule has 1 aliphatic heterocycles. The zero-order chi connectivity index (χ0) is 17.7. The molecule has 2 rings (SSSR count). The van der Waals surface area contributed by atoms with Crippen molar-refractivity contribution < 1.29 is 19.4 Å². The molecule has 0 spiro atoms. The summed E-state index contributed by atoms with van der Waals surface area (Å²) in [5.41, 5.74) is 4.50. The third-order valence-corrected chi connectivity index (χ3v) is 4.14. The van der Waals surface area contributed by atoms with Gasteiger partial charge in [0, 0.05) is 6.54 Å². The lowest BCUT2D eigenvalue weighted by Crippen LogP contribution is -2.57. The van der Waals surface area contributed by atoms with E-state index in [0.717, 1.165) is 11.3 Å². The van der Waals surface area contributed by atoms with Gasteiger partial charge in [0.05, 0.1) is 19.6 Å². The summed E-state index contributed by atoms with van der Waals surface area (Å²) in [5.74, 6) is 0.340. The Kier molecular flexibility index (Phi) is 5.83. The van der Waals surface area contributed by atoms with E-state index >= 15 is 0 Å². The van der Waals surface area contributed by atoms with Gasteiger partial charge >= 0.3 is 0 Å². The second kappa shape index (κ2) is 7.66. The van der Waals surface area contributed by atoms with Crippen molar-refractivity contribution in [3.8, 4) is 5.75 Å². The van der Waals surface area contributed by atoms with E-state index in [2.05, 4.69) is 13.8 Å². The summed E-state index contributed by atoms with van der Waals surface area (Å²) >= 11 is 0. The lowest BCUT2D eigenvalue weighted by Gasteiger charge is -2.37. The summed E-state index contributed by atoms with van der Waals surface area (Å²) in [6.07, 6.45) is 1.08. The predicted molar refractivity (Wildman–Crippen MR) is 90.4 cm³/mol. The number of hydrogen-bond acceptors (Lipinski definition) is 4. The molecule has 0 aliphatic carbocycles. The Morgan fingerprint density at radius 3 is 2.58 bits per heavy atom. The van der Waals surface area contributed by atoms with Gasteiger partial charge in [-0.25, -0.2) is 0 Å². The second-order valence-electron chi connectivity index (χ2n) is 6.84. The first-order valence-electron chi connectivity index (χ1n) is 8.32. The Hall–Kier alpha value is -2.08. The number of carbonyl (C=O) groups is 2. The molecule has 6 nitrogen and oxygen atoms in total. The normalized spacial score (nSPS) is 20.9. The lowest BCUT2D eigenvalue weighted by molar-refractivity contribution is -0.148. The predicted octanol–water partition coefficient (Wildman–Crippen LogP) is 1.10. The first-order chi connectivity index (χ1) is 11.3. The molecule has 1 aromatic carbocycles. The highest BCUT2D eigenvalue weighted by Crippen LogP contribution is 2.22. The van der Waals surface area contributed by atoms with Crippen molar-refractivity contribution in [1.29, 1.82) is 0 Å². The maximum Gasteiger partial charge on any atom is 0.251 e. The number of nitrogens with two attached hydrogens (primary N) is 1. The number of aliphatic hydroxyl groups is 1. The number of benzene rings is 1. The van der Waals surface area contributed by atoms with Crippen molar-refractivity contribution in [2.24, 2.45) is 11.7 Å². The van der Waals surface area contributed by atoms with Crippen LogP contribution in [0.4, 0.5) is 0 Å². The molecule has 2 amide bonds. The van der Waals surface area contributed by atoms with E-state index in [1.54, 1.807) is 0 Å². The average molecular weight is 334 g/mol. The number of likely N-dealkylation sites (tertiary alicyclic amines) is 1. The van der Waals surface area contributed by atoms with Crippen molar-refractivity contribution in [2.75, 3.05) is 19.7 Å². The average Bonchev–Trinajstić information content (AvgIpc) is 2.54. The van der Waals surface area contributed by atoms with Gasteiger partial charge in [-0.05, 0) is 36.5 Å². The fourth-order valence-electron chi connectivity index (χ4n) is 2.70. The lowest BCUT2D eigenvalue weighted by atomic mass is 9.92. The standard InChI is InChI=1S/C18H26N2O4/c1-13(2)11-24-15-6-4-14(5-7-15)10-16(21)20-9-3-8-18(23,12-20)17(19)22/h4-7,13,23H,3,8-12H2,1-2H3,(H2,19,22)/t18-/m0/s1. The molecule has 0 bridgehead atoms. The molecule has 1 fully saturated rings. The largest absolute Gasteiger partial charge is 0.493 e. The SMILES string of the molecule is CC(C)COc1ccc(CC(=O)N2CCC[C@@](O)(C(N)=O)C2)cc1. The van der Waals surface area contributed by atoms with Crippen molar-refractivity contribution in [1.82, 2.24) is 4.90 Å². The first-order valence-corrected chi connectivity index (χ1v) is 8.32. The highest BCUT2D eigenvalue weighted by molar-refractivity contribution is 5.85. The Morgan fingerprint density at radius 2 is 2.00 bits per heavy atom. The maximum absolute atomic E-state index is 12.4. The number of β-amino-alcohol motifs (C(OH)–C–C–N with tert-alkyl or cyclic N) is 1. The topological polar surface area (TPSA) is 92.9 Å². The van der Waals surface area contributed by atoms with Gasteiger partial charge in [-0.1, -0.05) is 26.0 Å². The van der Waals surface area contributed by atoms with Crippen LogP contribution < -0.4 is 10.5 Å². The van der Waals surface area contributed by atoms with E-state index in [-0.39, 0.29) is 18.9 Å². The summed E-state index contributed by atoms with van der Waals surface area (Å²) < 4.78 is 5.62. The monoisotopic (exact) mass is 334 g/mol. The van der Waals surface area contributed by atoms with Crippen LogP contribution in [0, 0.1) is 5.92 Å². The molecule has 0 radical (unpaired) electrons. The van der Waals surface area contributed by atoms with Crippen molar-refractivity contribution >= 4 is 11.8 Å². The minimum atomic E-state index is -1.61. The van der Waals surface area contributed by atoms with Gasteiger partial charge in [-0.15, -0.1) is 0 Å². The van der Waals surface area contributed by atoms with E-state index in [9.17, 15) is 14.7 Å². The van der Waals surface area contributed by atoms with E-state index in [4.69, 9.17) is 10.5 Å². The number of ether oxygens (including phenoxy) is 1. The van der Waals surface area contributed by atoms with Crippen LogP contribution >= 0.6 is 0 Å². The number of rotatable bonds is 6. The van der Waals surface area contributed by atoms with Crippen LogP contribution in [0.15, 0.2) is 24.3 Å². The highest BCUT2D eigenvalue weighted by Gasteiger charge is 2.40. The number of carbonyl (C=O) groups excluding carboxylic acids is 2. The van der Waals surface area contributed by atoms with Gasteiger partial charge in [0.1, 0.15) is 5.75 Å². The van der Waals surface area contributed by atoms with Crippen LogP contribution in [0.1, 0.15) is 32.3 Å². The molecule has 1 aliphatic rings. The van der Waals surface area contributed by atoms with Crippen LogP contribution in [0.3, 0.4) is 0 Å². The number of hydrogen-bond donors (Lipinski definition) is 2. The number of amides is 2. The van der Waals surface area contributed by atoms with Crippen LogP contribution in [-0.2, 0) is 16.0 Å². The van der Waals surface area contributed by atoms with Crippen LogP contribution in [0.2, 0.25) is 0 Å². The molecule has 0 aromatic heterocycles. The van der Waals surface area contributed by atoms with E-state index < -0.39 is 11.5 Å². The second-order valence-corrected chi connectivity index (χ2v) is 6.84. The van der Waals surface area contributed by atoms with E-state index in [1.807, 2.05) is 24.3 Å². The molecular formula is C18H26N2O4. The molecular weight excluding hydrogens is 308 g/mol. The van der Waals surface area contributed by atoms with Gasteiger partial charge in [0.15, 0.2) is 5.60 Å². The first kappa shape index (κ1) is 18.3. The molecule has 0 unspecified atom stereocenters. The molecule has 0 saturated carbocycles. The van der Waals surface area contributed by atoms with Crippen LogP contribution in [0.25, 0.3) is 0 Å². The Morgan fingerprint density at radius 1 is 1.33 bits per heavy atom. The molecule has 24 heavy (non-hydrogen) atoms. The third kappa shape index (κ3) is 4.71. The molecule has 6 heteroatoms. The van der Waals surface area contributed by atoms with Crippen LogP contribution in [0.5, 0.6) is 5.75 Å². The van der Waals surface area contributed by atoms with Crippen molar-refractivity contribution in [3.05, 3.63) is 29.8 Å². The minimum absolute atomic E-state index is 0.0310. The summed E-state index contributed by atoms with van der Waals surface area (Å²) in [7, 11) is 0. The van der Waals surface area contributed by atoms with Crippen LogP contribution in [-0.4, -0.2) is 47.1 Å². The maximum atomic E-state index is 12.4. The smallest absolute Gasteiger partial charge is 0.251 e. The summed E-state index contributed by atoms with van der Waals surface area (Å²) in [6.45, 7) is 5.32.